The lowest BCUT2D eigenvalue weighted by molar-refractivity contribution is 1.46. The molecule has 0 saturated heterocycles. The van der Waals surface area contributed by atoms with Crippen molar-refractivity contribution in [2.45, 2.75) is 4.90 Å². The van der Waals surface area contributed by atoms with E-state index < -0.39 is 0 Å². The molecule has 3 heteroatoms. The largest absolute Gasteiger partial charge is 0.398 e. The molecule has 0 bridgehead atoms. The van der Waals surface area contributed by atoms with Gasteiger partial charge in [0, 0.05) is 11.4 Å². The average molecular weight is 316 g/mol. The number of benzene rings is 4. The second-order valence-corrected chi connectivity index (χ2v) is 6.31. The van der Waals surface area contributed by atoms with Crippen LogP contribution in [0.2, 0.25) is 0 Å². The lowest BCUT2D eigenvalue weighted by Gasteiger charge is -2.09. The summed E-state index contributed by atoms with van der Waals surface area (Å²) in [6.45, 7) is 0. The quantitative estimate of drug-likeness (QED) is 0.289. The molecule has 0 saturated carbocycles. The second-order valence-electron chi connectivity index (χ2n) is 5.46. The summed E-state index contributed by atoms with van der Waals surface area (Å²) in [5.41, 5.74) is 7.84. The molecule has 23 heavy (non-hydrogen) atoms. The Morgan fingerprint density at radius 3 is 2.35 bits per heavy atom. The van der Waals surface area contributed by atoms with Gasteiger partial charge in [0.25, 0.3) is 0 Å². The van der Waals surface area contributed by atoms with Crippen molar-refractivity contribution in [1.29, 1.82) is 0 Å². The zero-order chi connectivity index (χ0) is 15.6. The SMILES string of the molecule is Nc1ccccc1SNc1ccc2c(ccc3ccccc32)c1. The molecule has 4 aromatic carbocycles. The van der Waals surface area contributed by atoms with Crippen LogP contribution >= 0.6 is 11.9 Å². The van der Waals surface area contributed by atoms with Gasteiger partial charge < -0.3 is 10.5 Å². The smallest absolute Gasteiger partial charge is 0.0514 e. The monoisotopic (exact) mass is 316 g/mol. The highest BCUT2D eigenvalue weighted by Crippen LogP contribution is 2.30. The van der Waals surface area contributed by atoms with Gasteiger partial charge in [0.1, 0.15) is 0 Å². The van der Waals surface area contributed by atoms with E-state index in [1.807, 2.05) is 24.3 Å². The third-order valence-corrected chi connectivity index (χ3v) is 4.87. The lowest BCUT2D eigenvalue weighted by atomic mass is 10.0. The Labute approximate surface area is 139 Å². The Hall–Kier alpha value is -2.65. The Balaban J connectivity index is 1.67. The topological polar surface area (TPSA) is 38.0 Å². The number of rotatable bonds is 3. The van der Waals surface area contributed by atoms with Crippen molar-refractivity contribution in [3.63, 3.8) is 0 Å². The number of fused-ring (bicyclic) bond motifs is 3. The van der Waals surface area contributed by atoms with E-state index >= 15 is 0 Å². The summed E-state index contributed by atoms with van der Waals surface area (Å²) >= 11 is 1.54. The summed E-state index contributed by atoms with van der Waals surface area (Å²) in [4.78, 5) is 1.03. The molecule has 0 unspecified atom stereocenters. The van der Waals surface area contributed by atoms with Crippen LogP contribution in [-0.4, -0.2) is 0 Å². The molecule has 0 amide bonds. The molecule has 3 N–H and O–H groups in total. The molecular formula is C20H16N2S. The van der Waals surface area contributed by atoms with E-state index in [0.717, 1.165) is 16.3 Å². The minimum absolute atomic E-state index is 0.789. The third kappa shape index (κ3) is 2.71. The summed E-state index contributed by atoms with van der Waals surface area (Å²) in [5.74, 6) is 0. The Kier molecular flexibility index (Phi) is 3.56. The minimum Gasteiger partial charge on any atom is -0.398 e. The fourth-order valence-electron chi connectivity index (χ4n) is 2.76. The predicted octanol–water partition coefficient (Wildman–Crippen LogP) is 5.69. The van der Waals surface area contributed by atoms with Crippen molar-refractivity contribution in [2.75, 3.05) is 10.5 Å². The van der Waals surface area contributed by atoms with Crippen molar-refractivity contribution in [2.24, 2.45) is 0 Å². The van der Waals surface area contributed by atoms with Gasteiger partial charge in [-0.1, -0.05) is 54.6 Å². The van der Waals surface area contributed by atoms with E-state index in [-0.39, 0.29) is 0 Å². The number of anilines is 2. The maximum absolute atomic E-state index is 5.98. The molecule has 0 fully saturated rings. The summed E-state index contributed by atoms with van der Waals surface area (Å²) in [7, 11) is 0. The molecule has 0 heterocycles. The number of nitrogen functional groups attached to an aromatic ring is 1. The highest BCUT2D eigenvalue weighted by atomic mass is 32.2. The first-order chi connectivity index (χ1) is 11.3. The average Bonchev–Trinajstić information content (AvgIpc) is 2.60. The highest BCUT2D eigenvalue weighted by Gasteiger charge is 2.03. The molecule has 4 rings (SSSR count). The Morgan fingerprint density at radius 2 is 1.43 bits per heavy atom. The summed E-state index contributed by atoms with van der Waals surface area (Å²) in [6.07, 6.45) is 0. The van der Waals surface area contributed by atoms with Gasteiger partial charge in [-0.25, -0.2) is 0 Å². The fourth-order valence-corrected chi connectivity index (χ4v) is 3.45. The summed E-state index contributed by atoms with van der Waals surface area (Å²) < 4.78 is 3.38. The van der Waals surface area contributed by atoms with Gasteiger partial charge in [-0.15, -0.1) is 0 Å². The zero-order valence-corrected chi connectivity index (χ0v) is 13.3. The van der Waals surface area contributed by atoms with Crippen LogP contribution < -0.4 is 10.5 Å². The number of nitrogens with two attached hydrogens (primary N) is 1. The van der Waals surface area contributed by atoms with Crippen LogP contribution in [0, 0.1) is 0 Å². The van der Waals surface area contributed by atoms with Crippen LogP contribution in [0.4, 0.5) is 11.4 Å². The zero-order valence-electron chi connectivity index (χ0n) is 12.5. The van der Waals surface area contributed by atoms with Gasteiger partial charge in [-0.2, -0.15) is 0 Å². The van der Waals surface area contributed by atoms with Crippen LogP contribution in [0.3, 0.4) is 0 Å². The fraction of sp³-hybridized carbons (Fsp3) is 0. The van der Waals surface area contributed by atoms with Crippen molar-refractivity contribution in [1.82, 2.24) is 0 Å². The molecule has 0 radical (unpaired) electrons. The molecule has 0 spiro atoms. The number of nitrogens with one attached hydrogen (secondary N) is 1. The van der Waals surface area contributed by atoms with Gasteiger partial charge in [0.05, 0.1) is 4.90 Å². The maximum Gasteiger partial charge on any atom is 0.0514 e. The highest BCUT2D eigenvalue weighted by molar-refractivity contribution is 8.00. The van der Waals surface area contributed by atoms with Crippen LogP contribution in [-0.2, 0) is 0 Å². The first kappa shape index (κ1) is 14.0. The van der Waals surface area contributed by atoms with Crippen LogP contribution in [0.5, 0.6) is 0 Å². The first-order valence-electron chi connectivity index (χ1n) is 7.50. The standard InChI is InChI=1S/C20H16N2S/c21-19-7-3-4-8-20(19)23-22-16-11-12-18-15(13-16)10-9-14-5-1-2-6-17(14)18/h1-13,22H,21H2. The first-order valence-corrected chi connectivity index (χ1v) is 8.32. The molecule has 0 atom stereocenters. The van der Waals surface area contributed by atoms with Gasteiger partial charge in [0.15, 0.2) is 0 Å². The van der Waals surface area contributed by atoms with E-state index in [1.54, 1.807) is 0 Å². The lowest BCUT2D eigenvalue weighted by Crippen LogP contribution is -1.91. The van der Waals surface area contributed by atoms with Crippen LogP contribution in [0.1, 0.15) is 0 Å². The molecule has 2 nitrogen and oxygen atoms in total. The van der Waals surface area contributed by atoms with Crippen molar-refractivity contribution in [3.05, 3.63) is 78.9 Å². The van der Waals surface area contributed by atoms with Crippen molar-refractivity contribution >= 4 is 44.9 Å². The second kappa shape index (κ2) is 5.86. The number of hydrogen-bond acceptors (Lipinski definition) is 3. The summed E-state index contributed by atoms with van der Waals surface area (Å²) in [5, 5.41) is 5.07. The van der Waals surface area contributed by atoms with Crippen molar-refractivity contribution < 1.29 is 0 Å². The van der Waals surface area contributed by atoms with E-state index in [1.165, 1.54) is 33.5 Å². The van der Waals surface area contributed by atoms with Gasteiger partial charge in [-0.05, 0) is 57.8 Å². The van der Waals surface area contributed by atoms with E-state index in [2.05, 4.69) is 59.3 Å². The van der Waals surface area contributed by atoms with E-state index in [4.69, 9.17) is 5.73 Å². The molecule has 0 aliphatic carbocycles. The van der Waals surface area contributed by atoms with Crippen LogP contribution in [0.25, 0.3) is 21.5 Å². The Morgan fingerprint density at radius 1 is 0.696 bits per heavy atom. The molecule has 4 aromatic rings. The molecule has 0 aromatic heterocycles. The Bertz CT molecular complexity index is 995. The summed E-state index contributed by atoms with van der Waals surface area (Å²) in [6, 6.07) is 27.1. The number of hydrogen-bond donors (Lipinski definition) is 2. The number of para-hydroxylation sites is 1. The predicted molar refractivity (Wildman–Crippen MR) is 102 cm³/mol. The molecule has 0 aliphatic rings. The van der Waals surface area contributed by atoms with Crippen molar-refractivity contribution in [3.8, 4) is 0 Å². The molecule has 0 aliphatic heterocycles. The normalized spacial score (nSPS) is 11.0. The van der Waals surface area contributed by atoms with E-state index in [0.29, 0.717) is 0 Å². The maximum atomic E-state index is 5.98. The van der Waals surface area contributed by atoms with Gasteiger partial charge >= 0.3 is 0 Å². The van der Waals surface area contributed by atoms with E-state index in [9.17, 15) is 0 Å². The molecular weight excluding hydrogens is 300 g/mol. The minimum atomic E-state index is 0.789. The van der Waals surface area contributed by atoms with Gasteiger partial charge in [0.2, 0.25) is 0 Å². The third-order valence-electron chi connectivity index (χ3n) is 3.94. The molecule has 112 valence electrons. The van der Waals surface area contributed by atoms with Crippen LogP contribution in [0.15, 0.2) is 83.8 Å². The van der Waals surface area contributed by atoms with Gasteiger partial charge in [-0.3, -0.25) is 0 Å².